The molecule has 1 atom stereocenters. The third-order valence-electron chi connectivity index (χ3n) is 2.95. The summed E-state index contributed by atoms with van der Waals surface area (Å²) in [6.07, 6.45) is -0.618. The number of non-ortho nitro benzene ring substituents is 1. The van der Waals surface area contributed by atoms with Gasteiger partial charge in [-0.15, -0.1) is 5.10 Å². The number of alkyl carbamates (subject to hydrolysis) is 1. The fourth-order valence-corrected chi connectivity index (χ4v) is 2.11. The summed E-state index contributed by atoms with van der Waals surface area (Å²) in [5, 5.41) is 21.3. The Morgan fingerprint density at radius 1 is 1.46 bits per heavy atom. The molecule has 0 unspecified atom stereocenters. The zero-order chi connectivity index (χ0) is 18.1. The topological polar surface area (TPSA) is 112 Å². The summed E-state index contributed by atoms with van der Waals surface area (Å²) in [6.45, 7) is 6.91. The minimum absolute atomic E-state index is 0.0957. The van der Waals surface area contributed by atoms with Crippen molar-refractivity contribution in [3.8, 4) is 0 Å². The van der Waals surface area contributed by atoms with Crippen molar-refractivity contribution in [2.75, 3.05) is 0 Å². The van der Waals surface area contributed by atoms with E-state index in [1.807, 2.05) is 0 Å². The number of fused-ring (bicyclic) bond motifs is 1. The Labute approximate surface area is 143 Å². The van der Waals surface area contributed by atoms with Crippen molar-refractivity contribution in [1.29, 1.82) is 0 Å². The van der Waals surface area contributed by atoms with E-state index in [4.69, 9.17) is 17.0 Å². The molecule has 0 aliphatic heterocycles. The van der Waals surface area contributed by atoms with Crippen LogP contribution in [0, 0.1) is 10.1 Å². The van der Waals surface area contributed by atoms with E-state index in [1.165, 1.54) is 22.9 Å². The summed E-state index contributed by atoms with van der Waals surface area (Å²) in [5.74, 6) is 0. The fraction of sp³-hybridized carbons (Fsp3) is 0.429. The maximum atomic E-state index is 11.8. The van der Waals surface area contributed by atoms with Crippen LogP contribution in [0.4, 0.5) is 10.5 Å². The molecule has 0 fully saturated rings. The second-order valence-electron chi connectivity index (χ2n) is 6.14. The summed E-state index contributed by atoms with van der Waals surface area (Å²) >= 11 is 5.31. The summed E-state index contributed by atoms with van der Waals surface area (Å²) < 4.78 is 6.46. The Balaban J connectivity index is 2.23. The summed E-state index contributed by atoms with van der Waals surface area (Å²) in [5.41, 5.74) is 0.132. The summed E-state index contributed by atoms with van der Waals surface area (Å²) in [4.78, 5) is 22.5. The van der Waals surface area contributed by atoms with Gasteiger partial charge in [0.2, 0.25) is 0 Å². The fourth-order valence-electron chi connectivity index (χ4n) is 1.91. The first kappa shape index (κ1) is 17.7. The lowest BCUT2D eigenvalue weighted by Gasteiger charge is -2.22. The van der Waals surface area contributed by atoms with Crippen LogP contribution in [0.15, 0.2) is 18.2 Å². The highest BCUT2D eigenvalue weighted by Gasteiger charge is 2.22. The number of nitro groups is 1. The maximum absolute atomic E-state index is 11.8. The average Bonchev–Trinajstić information content (AvgIpc) is 2.86. The van der Waals surface area contributed by atoms with E-state index < -0.39 is 22.7 Å². The van der Waals surface area contributed by atoms with E-state index in [-0.39, 0.29) is 10.7 Å². The van der Waals surface area contributed by atoms with Gasteiger partial charge in [0.05, 0.1) is 11.0 Å². The van der Waals surface area contributed by atoms with Crippen LogP contribution in [-0.4, -0.2) is 42.6 Å². The Morgan fingerprint density at radius 3 is 2.71 bits per heavy atom. The van der Waals surface area contributed by atoms with Gasteiger partial charge in [0.1, 0.15) is 21.6 Å². The number of hydrogen-bond acceptors (Lipinski definition) is 7. The van der Waals surface area contributed by atoms with Crippen molar-refractivity contribution in [2.45, 2.75) is 39.3 Å². The van der Waals surface area contributed by atoms with E-state index in [0.717, 1.165) is 0 Å². The van der Waals surface area contributed by atoms with Gasteiger partial charge in [0, 0.05) is 12.1 Å². The number of aromatic nitrogens is 3. The lowest BCUT2D eigenvalue weighted by atomic mass is 10.2. The number of ether oxygens (including phenoxy) is 1. The van der Waals surface area contributed by atoms with Crippen LogP contribution in [0.3, 0.4) is 0 Å². The van der Waals surface area contributed by atoms with Gasteiger partial charge in [-0.1, -0.05) is 17.4 Å². The second kappa shape index (κ2) is 6.48. The van der Waals surface area contributed by atoms with E-state index in [2.05, 4.69) is 15.6 Å². The number of carbonyl (C=O) groups excluding carboxylic acids is 1. The van der Waals surface area contributed by atoms with Crippen molar-refractivity contribution in [2.24, 2.45) is 0 Å². The van der Waals surface area contributed by atoms with Crippen LogP contribution < -0.4 is 5.32 Å². The van der Waals surface area contributed by atoms with Crippen molar-refractivity contribution in [3.63, 3.8) is 0 Å². The van der Waals surface area contributed by atoms with E-state index in [0.29, 0.717) is 11.0 Å². The Morgan fingerprint density at radius 2 is 2.12 bits per heavy atom. The van der Waals surface area contributed by atoms with Gasteiger partial charge in [0.15, 0.2) is 0 Å². The van der Waals surface area contributed by atoms with Crippen molar-refractivity contribution >= 4 is 40.0 Å². The van der Waals surface area contributed by atoms with Crippen LogP contribution >= 0.6 is 12.2 Å². The molecule has 1 N–H and O–H groups in total. The average molecular weight is 351 g/mol. The molecular weight excluding hydrogens is 334 g/mol. The number of rotatable bonds is 3. The Hall–Kier alpha value is -2.62. The molecule has 128 valence electrons. The molecule has 0 aliphatic rings. The molecule has 1 amide bonds. The molecule has 9 nitrogen and oxygen atoms in total. The highest BCUT2D eigenvalue weighted by molar-refractivity contribution is 7.80. The first-order valence-electron chi connectivity index (χ1n) is 7.12. The molecule has 0 bridgehead atoms. The lowest BCUT2D eigenvalue weighted by molar-refractivity contribution is -0.384. The van der Waals surface area contributed by atoms with E-state index in [9.17, 15) is 14.9 Å². The SMILES string of the molecule is C[C@@H](NC(=O)OC(C)(C)C)C(=S)n1nnc2ccc([N+](=O)[O-])cc21. The standard InChI is InChI=1S/C14H17N5O4S/c1-8(15-13(20)23-14(2,3)4)12(24)18-11-7-9(19(21)22)5-6-10(11)16-17-18/h5-8H,1-4H3,(H,15,20)/t8-/m1/s1. The van der Waals surface area contributed by atoms with Gasteiger partial charge in [-0.05, 0) is 33.8 Å². The molecule has 0 saturated carbocycles. The van der Waals surface area contributed by atoms with Crippen molar-refractivity contribution < 1.29 is 14.5 Å². The molecule has 2 aromatic rings. The first-order valence-corrected chi connectivity index (χ1v) is 7.53. The molecule has 0 radical (unpaired) electrons. The number of hydrogen-bond donors (Lipinski definition) is 1. The smallest absolute Gasteiger partial charge is 0.408 e. The third kappa shape index (κ3) is 4.02. The Bertz CT molecular complexity index is 811. The number of nitrogens with zero attached hydrogens (tertiary/aromatic N) is 4. The van der Waals surface area contributed by atoms with Crippen molar-refractivity contribution in [3.05, 3.63) is 28.3 Å². The van der Waals surface area contributed by atoms with Crippen LogP contribution in [0.25, 0.3) is 11.0 Å². The minimum atomic E-state index is -0.633. The molecule has 1 aromatic heterocycles. The molecular formula is C14H17N5O4S. The largest absolute Gasteiger partial charge is 0.444 e. The number of nitro benzene ring substituents is 1. The van der Waals surface area contributed by atoms with Gasteiger partial charge in [-0.2, -0.15) is 0 Å². The molecule has 0 saturated heterocycles. The zero-order valence-corrected chi connectivity index (χ0v) is 14.5. The number of amides is 1. The zero-order valence-electron chi connectivity index (χ0n) is 13.6. The van der Waals surface area contributed by atoms with Crippen LogP contribution in [-0.2, 0) is 4.74 Å². The maximum Gasteiger partial charge on any atom is 0.408 e. The molecule has 2 rings (SSSR count). The molecule has 24 heavy (non-hydrogen) atoms. The second-order valence-corrected chi connectivity index (χ2v) is 6.56. The molecule has 1 aromatic carbocycles. The quantitative estimate of drug-likeness (QED) is 0.513. The van der Waals surface area contributed by atoms with Crippen molar-refractivity contribution in [1.82, 2.24) is 20.3 Å². The van der Waals surface area contributed by atoms with Crippen LogP contribution in [0.1, 0.15) is 27.7 Å². The number of thiocarbonyl (C=S) groups is 1. The van der Waals surface area contributed by atoms with Gasteiger partial charge in [0.25, 0.3) is 5.69 Å². The van der Waals surface area contributed by atoms with Crippen LogP contribution in [0.2, 0.25) is 0 Å². The normalized spacial score (nSPS) is 12.7. The Kier molecular flexibility index (Phi) is 4.78. The molecule has 0 spiro atoms. The molecule has 1 heterocycles. The summed E-state index contributed by atoms with van der Waals surface area (Å²) in [7, 11) is 0. The van der Waals surface area contributed by atoms with Gasteiger partial charge in [-0.25, -0.2) is 9.48 Å². The predicted octanol–water partition coefficient (Wildman–Crippen LogP) is 2.43. The highest BCUT2D eigenvalue weighted by Crippen LogP contribution is 2.19. The lowest BCUT2D eigenvalue weighted by Crippen LogP contribution is -2.43. The predicted molar refractivity (Wildman–Crippen MR) is 91.0 cm³/mol. The van der Waals surface area contributed by atoms with Gasteiger partial charge in [-0.3, -0.25) is 10.1 Å². The molecule has 10 heteroatoms. The number of carbonyl (C=O) groups is 1. The van der Waals surface area contributed by atoms with E-state index >= 15 is 0 Å². The summed E-state index contributed by atoms with van der Waals surface area (Å²) in [6, 6.07) is 3.58. The van der Waals surface area contributed by atoms with E-state index in [1.54, 1.807) is 27.7 Å². The monoisotopic (exact) mass is 351 g/mol. The first-order chi connectivity index (χ1) is 11.1. The third-order valence-corrected chi connectivity index (χ3v) is 3.48. The van der Waals surface area contributed by atoms with Gasteiger partial charge >= 0.3 is 6.09 Å². The molecule has 0 aliphatic carbocycles. The number of benzene rings is 1. The number of nitrogens with one attached hydrogen (secondary N) is 1. The van der Waals surface area contributed by atoms with Gasteiger partial charge < -0.3 is 10.1 Å². The highest BCUT2D eigenvalue weighted by atomic mass is 32.1. The van der Waals surface area contributed by atoms with Crippen LogP contribution in [0.5, 0.6) is 0 Å². The minimum Gasteiger partial charge on any atom is -0.444 e.